The van der Waals surface area contributed by atoms with E-state index < -0.39 is 11.1 Å². The smallest absolute Gasteiger partial charge is 0.481 e. The molecule has 0 N–H and O–H groups in total. The minimum Gasteiger partial charge on any atom is -0.481 e. The van der Waals surface area contributed by atoms with E-state index in [1.807, 2.05) is 0 Å². The van der Waals surface area contributed by atoms with Gasteiger partial charge in [0.05, 0.1) is 17.6 Å². The summed E-state index contributed by atoms with van der Waals surface area (Å²) in [5.41, 5.74) is 0.492. The van der Waals surface area contributed by atoms with Gasteiger partial charge in [-0.2, -0.15) is 0 Å². The predicted octanol–water partition coefficient (Wildman–Crippen LogP) is 2.71. The molecular formula is C14H12N2O6. The molecule has 2 rings (SSSR count). The number of hydrogen-bond acceptors (Lipinski definition) is 7. The van der Waals surface area contributed by atoms with Crippen LogP contribution in [0.3, 0.4) is 0 Å². The zero-order valence-corrected chi connectivity index (χ0v) is 11.6. The maximum absolute atomic E-state index is 11.6. The molecule has 1 aromatic carbocycles. The first-order valence-electron chi connectivity index (χ1n) is 6.17. The molecule has 1 heterocycles. The van der Waals surface area contributed by atoms with Gasteiger partial charge in [0.1, 0.15) is 12.4 Å². The van der Waals surface area contributed by atoms with E-state index >= 15 is 0 Å². The summed E-state index contributed by atoms with van der Waals surface area (Å²) < 4.78 is 14.9. The topological polar surface area (TPSA) is 101 Å². The standard InChI is InChI=1S/C14H12N2O6/c1-20-13-10(3-2-8-15-13)9-21-14(17)22-12-6-4-11(5-7-12)16(18)19/h2-8H,9H2,1H3. The third-order valence-corrected chi connectivity index (χ3v) is 2.64. The summed E-state index contributed by atoms with van der Waals surface area (Å²) in [6.45, 7) is -0.0666. The van der Waals surface area contributed by atoms with Gasteiger partial charge in [0.2, 0.25) is 5.88 Å². The fourth-order valence-corrected chi connectivity index (χ4v) is 1.62. The fourth-order valence-electron chi connectivity index (χ4n) is 1.62. The second-order valence-corrected chi connectivity index (χ2v) is 4.06. The summed E-state index contributed by atoms with van der Waals surface area (Å²) >= 11 is 0. The number of nitrogens with zero attached hydrogens (tertiary/aromatic N) is 2. The molecule has 0 aliphatic heterocycles. The number of carbonyl (C=O) groups excluding carboxylic acids is 1. The SMILES string of the molecule is COc1ncccc1COC(=O)Oc1ccc([N+](=O)[O-])cc1. The van der Waals surface area contributed by atoms with Crippen LogP contribution in [-0.4, -0.2) is 23.2 Å². The number of methoxy groups -OCH3 is 1. The molecule has 0 atom stereocenters. The van der Waals surface area contributed by atoms with Crippen LogP contribution in [0.2, 0.25) is 0 Å². The van der Waals surface area contributed by atoms with Crippen molar-refractivity contribution in [2.45, 2.75) is 6.61 Å². The van der Waals surface area contributed by atoms with Crippen molar-refractivity contribution in [3.63, 3.8) is 0 Å². The van der Waals surface area contributed by atoms with Gasteiger partial charge in [-0.25, -0.2) is 9.78 Å². The molecule has 0 saturated heterocycles. The van der Waals surface area contributed by atoms with Crippen molar-refractivity contribution < 1.29 is 23.9 Å². The molecule has 8 heteroatoms. The van der Waals surface area contributed by atoms with Gasteiger partial charge in [0.15, 0.2) is 0 Å². The van der Waals surface area contributed by atoms with Crippen molar-refractivity contribution in [2.75, 3.05) is 7.11 Å². The molecule has 0 bridgehead atoms. The number of nitro benzene ring substituents is 1. The Kier molecular flexibility index (Phi) is 4.86. The van der Waals surface area contributed by atoms with E-state index in [9.17, 15) is 14.9 Å². The van der Waals surface area contributed by atoms with Gasteiger partial charge in [-0.15, -0.1) is 0 Å². The Labute approximate surface area is 125 Å². The normalized spacial score (nSPS) is 9.86. The first-order valence-corrected chi connectivity index (χ1v) is 6.17. The van der Waals surface area contributed by atoms with Gasteiger partial charge in [-0.3, -0.25) is 10.1 Å². The van der Waals surface area contributed by atoms with Crippen LogP contribution >= 0.6 is 0 Å². The van der Waals surface area contributed by atoms with Crippen molar-refractivity contribution >= 4 is 11.8 Å². The number of non-ortho nitro benzene ring substituents is 1. The Bertz CT molecular complexity index is 671. The largest absolute Gasteiger partial charge is 0.514 e. The maximum atomic E-state index is 11.6. The van der Waals surface area contributed by atoms with Crippen LogP contribution in [-0.2, 0) is 11.3 Å². The molecule has 1 aromatic heterocycles. The van der Waals surface area contributed by atoms with Crippen molar-refractivity contribution in [3.05, 3.63) is 58.3 Å². The summed E-state index contributed by atoms with van der Waals surface area (Å²) in [6, 6.07) is 8.46. The average Bonchev–Trinajstić information content (AvgIpc) is 2.53. The third kappa shape index (κ3) is 3.92. The van der Waals surface area contributed by atoms with Crippen molar-refractivity contribution in [3.8, 4) is 11.6 Å². The van der Waals surface area contributed by atoms with Crippen LogP contribution in [0.5, 0.6) is 11.6 Å². The molecule has 114 valence electrons. The van der Waals surface area contributed by atoms with Crippen LogP contribution in [0.1, 0.15) is 5.56 Å². The molecule has 0 saturated carbocycles. The van der Waals surface area contributed by atoms with Crippen molar-refractivity contribution in [1.82, 2.24) is 4.98 Å². The number of nitro groups is 1. The molecular weight excluding hydrogens is 292 g/mol. The maximum Gasteiger partial charge on any atom is 0.514 e. The summed E-state index contributed by atoms with van der Waals surface area (Å²) in [4.78, 5) is 25.5. The van der Waals surface area contributed by atoms with Crippen LogP contribution < -0.4 is 9.47 Å². The average molecular weight is 304 g/mol. The third-order valence-electron chi connectivity index (χ3n) is 2.64. The number of carbonyl (C=O) groups is 1. The van der Waals surface area contributed by atoms with E-state index in [1.54, 1.807) is 18.3 Å². The number of pyridine rings is 1. The zero-order chi connectivity index (χ0) is 15.9. The molecule has 8 nitrogen and oxygen atoms in total. The minimum absolute atomic E-state index is 0.0666. The lowest BCUT2D eigenvalue weighted by molar-refractivity contribution is -0.384. The summed E-state index contributed by atoms with van der Waals surface area (Å²) in [5, 5.41) is 10.5. The molecule has 0 spiro atoms. The first-order chi connectivity index (χ1) is 10.6. The highest BCUT2D eigenvalue weighted by atomic mass is 16.7. The molecule has 0 aliphatic carbocycles. The summed E-state index contributed by atoms with van der Waals surface area (Å²) in [7, 11) is 1.46. The number of benzene rings is 1. The monoisotopic (exact) mass is 304 g/mol. The van der Waals surface area contributed by atoms with Gasteiger partial charge in [0, 0.05) is 18.3 Å². The van der Waals surface area contributed by atoms with Gasteiger partial charge in [0.25, 0.3) is 5.69 Å². The number of aromatic nitrogens is 1. The van der Waals surface area contributed by atoms with Gasteiger partial charge in [-0.1, -0.05) is 0 Å². The molecule has 22 heavy (non-hydrogen) atoms. The number of ether oxygens (including phenoxy) is 3. The minimum atomic E-state index is -0.931. The molecule has 0 fully saturated rings. The van der Waals surface area contributed by atoms with Crippen LogP contribution in [0, 0.1) is 10.1 Å². The first kappa shape index (κ1) is 15.2. The Morgan fingerprint density at radius 2 is 2.00 bits per heavy atom. The second kappa shape index (κ2) is 7.02. The molecule has 0 radical (unpaired) electrons. The van der Waals surface area contributed by atoms with E-state index in [0.29, 0.717) is 11.4 Å². The molecule has 0 unspecified atom stereocenters. The van der Waals surface area contributed by atoms with Crippen LogP contribution in [0.25, 0.3) is 0 Å². The Morgan fingerprint density at radius 1 is 1.27 bits per heavy atom. The Balaban J connectivity index is 1.91. The van der Waals surface area contributed by atoms with Crippen LogP contribution in [0.15, 0.2) is 42.6 Å². The highest BCUT2D eigenvalue weighted by Crippen LogP contribution is 2.19. The Morgan fingerprint density at radius 3 is 2.64 bits per heavy atom. The number of rotatable bonds is 5. The van der Waals surface area contributed by atoms with Crippen LogP contribution in [0.4, 0.5) is 10.5 Å². The molecule has 2 aromatic rings. The zero-order valence-electron chi connectivity index (χ0n) is 11.6. The lowest BCUT2D eigenvalue weighted by atomic mass is 10.3. The molecule has 0 amide bonds. The lowest BCUT2D eigenvalue weighted by Gasteiger charge is -2.08. The quantitative estimate of drug-likeness (QED) is 0.362. The van der Waals surface area contributed by atoms with Gasteiger partial charge >= 0.3 is 6.16 Å². The van der Waals surface area contributed by atoms with E-state index in [-0.39, 0.29) is 18.0 Å². The lowest BCUT2D eigenvalue weighted by Crippen LogP contribution is -2.11. The summed E-state index contributed by atoms with van der Waals surface area (Å²) in [5.74, 6) is 0.499. The highest BCUT2D eigenvalue weighted by molar-refractivity contribution is 5.64. The highest BCUT2D eigenvalue weighted by Gasteiger charge is 2.11. The van der Waals surface area contributed by atoms with Crippen molar-refractivity contribution in [1.29, 1.82) is 0 Å². The van der Waals surface area contributed by atoms with E-state index in [2.05, 4.69) is 4.98 Å². The van der Waals surface area contributed by atoms with Gasteiger partial charge < -0.3 is 14.2 Å². The fraction of sp³-hybridized carbons (Fsp3) is 0.143. The number of hydrogen-bond donors (Lipinski definition) is 0. The van der Waals surface area contributed by atoms with E-state index in [0.717, 1.165) is 0 Å². The predicted molar refractivity (Wildman–Crippen MR) is 74.7 cm³/mol. The molecule has 0 aliphatic rings. The van der Waals surface area contributed by atoms with Crippen molar-refractivity contribution in [2.24, 2.45) is 0 Å². The summed E-state index contributed by atoms with van der Waals surface area (Å²) in [6.07, 6.45) is 0.622. The second-order valence-electron chi connectivity index (χ2n) is 4.06. The van der Waals surface area contributed by atoms with E-state index in [1.165, 1.54) is 31.4 Å². The Hall–Kier alpha value is -3.16. The van der Waals surface area contributed by atoms with E-state index in [4.69, 9.17) is 14.2 Å². The van der Waals surface area contributed by atoms with Gasteiger partial charge in [-0.05, 0) is 24.3 Å².